The first-order valence-electron chi connectivity index (χ1n) is 7.00. The van der Waals surface area contributed by atoms with Crippen LogP contribution in [0, 0.1) is 15.9 Å². The Balaban J connectivity index is 1.91. The molecule has 0 spiro atoms. The van der Waals surface area contributed by atoms with Gasteiger partial charge in [0.2, 0.25) is 0 Å². The molecule has 2 aliphatic rings. The fourth-order valence-electron chi connectivity index (χ4n) is 2.25. The van der Waals surface area contributed by atoms with Crippen LogP contribution in [0.5, 0.6) is 0 Å². The van der Waals surface area contributed by atoms with Crippen LogP contribution in [0.4, 0.5) is 10.2 Å². The molecule has 0 saturated carbocycles. The minimum atomic E-state index is -0.678. The molecule has 3 heterocycles. The lowest BCUT2D eigenvalue weighted by Gasteiger charge is -1.99. The normalized spacial score (nSPS) is 18.2. The second kappa shape index (κ2) is 6.37. The van der Waals surface area contributed by atoms with Crippen LogP contribution in [0.3, 0.4) is 0 Å². The van der Waals surface area contributed by atoms with Crippen LogP contribution in [0.1, 0.15) is 5.56 Å². The van der Waals surface area contributed by atoms with E-state index in [9.17, 15) is 14.5 Å². The van der Waals surface area contributed by atoms with Gasteiger partial charge in [-0.2, -0.15) is 0 Å². The van der Waals surface area contributed by atoms with Gasteiger partial charge in [0, 0.05) is 29.0 Å². The zero-order valence-electron chi connectivity index (χ0n) is 12.4. The highest BCUT2D eigenvalue weighted by Crippen LogP contribution is 2.25. The fraction of sp³-hybridized carbons (Fsp3) is 0.0625. The second-order valence-electron chi connectivity index (χ2n) is 4.95. The number of nitro groups is 1. The summed E-state index contributed by atoms with van der Waals surface area (Å²) in [7, 11) is 0. The maximum Gasteiger partial charge on any atom is 0.364 e. The van der Waals surface area contributed by atoms with E-state index in [1.165, 1.54) is 6.08 Å². The Hall–Kier alpha value is -3.42. The fourth-order valence-corrected chi connectivity index (χ4v) is 2.25. The summed E-state index contributed by atoms with van der Waals surface area (Å²) < 4.78 is 13.7. The standard InChI is InChI=1S/C16H12FN5O2/c17-13-9-20-15(22(23)24)7-10(13)3-1-4-11-12-8-19-6-2-5-14(12)21-16(11)18/h1-5,7-9H,6H2,(H2,18,21)/b3-1+,11-4-. The van der Waals surface area contributed by atoms with Crippen LogP contribution >= 0.6 is 0 Å². The van der Waals surface area contributed by atoms with Gasteiger partial charge in [0.05, 0.1) is 12.2 Å². The van der Waals surface area contributed by atoms with E-state index in [0.717, 1.165) is 23.5 Å². The van der Waals surface area contributed by atoms with Crippen molar-refractivity contribution in [2.75, 3.05) is 6.54 Å². The topological polar surface area (TPSA) is 107 Å². The number of aromatic nitrogens is 1. The van der Waals surface area contributed by atoms with Gasteiger partial charge in [-0.1, -0.05) is 24.3 Å². The summed E-state index contributed by atoms with van der Waals surface area (Å²) >= 11 is 0. The monoisotopic (exact) mass is 325 g/mol. The van der Waals surface area contributed by atoms with Gasteiger partial charge in [0.15, 0.2) is 12.0 Å². The molecule has 0 fully saturated rings. The molecule has 0 amide bonds. The van der Waals surface area contributed by atoms with Crippen molar-refractivity contribution < 1.29 is 9.31 Å². The number of nitrogens with zero attached hydrogens (tertiary/aromatic N) is 4. The summed E-state index contributed by atoms with van der Waals surface area (Å²) in [6, 6.07) is 1.07. The average Bonchev–Trinajstić information content (AvgIpc) is 2.72. The lowest BCUT2D eigenvalue weighted by atomic mass is 10.1. The largest absolute Gasteiger partial charge is 0.383 e. The highest BCUT2D eigenvalue weighted by atomic mass is 19.1. The summed E-state index contributed by atoms with van der Waals surface area (Å²) in [5, 5.41) is 10.7. The molecule has 0 radical (unpaired) electrons. The maximum absolute atomic E-state index is 13.7. The van der Waals surface area contributed by atoms with Crippen molar-refractivity contribution in [2.24, 2.45) is 15.7 Å². The Labute approximate surface area is 136 Å². The Bertz CT molecular complexity index is 894. The van der Waals surface area contributed by atoms with Crippen LogP contribution < -0.4 is 5.73 Å². The average molecular weight is 325 g/mol. The molecule has 1 aromatic rings. The van der Waals surface area contributed by atoms with Crippen LogP contribution in [-0.2, 0) is 0 Å². The van der Waals surface area contributed by atoms with Crippen molar-refractivity contribution in [3.63, 3.8) is 0 Å². The molecule has 7 nitrogen and oxygen atoms in total. The number of halogens is 1. The van der Waals surface area contributed by atoms with Gasteiger partial charge in [0.25, 0.3) is 0 Å². The summed E-state index contributed by atoms with van der Waals surface area (Å²) in [5.41, 5.74) is 8.13. The van der Waals surface area contributed by atoms with Gasteiger partial charge in [-0.25, -0.2) is 9.38 Å². The number of hydrogen-bond acceptors (Lipinski definition) is 6. The number of amidine groups is 1. The quantitative estimate of drug-likeness (QED) is 0.679. The molecule has 1 aromatic heterocycles. The maximum atomic E-state index is 13.7. The molecule has 0 aliphatic carbocycles. The number of aliphatic imine (C=N–C) groups is 2. The first-order valence-corrected chi connectivity index (χ1v) is 7.00. The zero-order chi connectivity index (χ0) is 17.1. The highest BCUT2D eigenvalue weighted by Gasteiger charge is 2.19. The van der Waals surface area contributed by atoms with Gasteiger partial charge in [-0.15, -0.1) is 0 Å². The Morgan fingerprint density at radius 2 is 2.25 bits per heavy atom. The van der Waals surface area contributed by atoms with Gasteiger partial charge in [-0.05, 0) is 16.0 Å². The lowest BCUT2D eigenvalue weighted by molar-refractivity contribution is -0.389. The van der Waals surface area contributed by atoms with Crippen molar-refractivity contribution in [2.45, 2.75) is 0 Å². The van der Waals surface area contributed by atoms with Crippen molar-refractivity contribution in [1.82, 2.24) is 4.98 Å². The molecule has 0 bridgehead atoms. The Morgan fingerprint density at radius 3 is 3.04 bits per heavy atom. The number of rotatable bonds is 3. The minimum absolute atomic E-state index is 0.0608. The first kappa shape index (κ1) is 15.5. The van der Waals surface area contributed by atoms with E-state index in [1.54, 1.807) is 18.4 Å². The highest BCUT2D eigenvalue weighted by molar-refractivity contribution is 6.12. The van der Waals surface area contributed by atoms with E-state index in [0.29, 0.717) is 18.0 Å². The predicted octanol–water partition coefficient (Wildman–Crippen LogP) is 2.33. The zero-order valence-corrected chi connectivity index (χ0v) is 12.4. The lowest BCUT2D eigenvalue weighted by Crippen LogP contribution is -2.12. The number of allylic oxidation sites excluding steroid dienone is 3. The van der Waals surface area contributed by atoms with E-state index in [-0.39, 0.29) is 5.56 Å². The van der Waals surface area contributed by atoms with E-state index in [2.05, 4.69) is 15.0 Å². The number of pyridine rings is 1. The molecule has 24 heavy (non-hydrogen) atoms. The van der Waals surface area contributed by atoms with Crippen molar-refractivity contribution in [3.05, 3.63) is 74.9 Å². The molecule has 0 atom stereocenters. The molecular formula is C16H12FN5O2. The smallest absolute Gasteiger partial charge is 0.364 e. The SMILES string of the molecule is NC1=NC2=C(C=NCC=C2)/C1=C/C=C/c1cc([N+](=O)[O-])ncc1F. The molecule has 3 rings (SSSR count). The molecule has 2 aliphatic heterocycles. The summed E-state index contributed by atoms with van der Waals surface area (Å²) in [4.78, 5) is 21.9. The Morgan fingerprint density at radius 1 is 1.42 bits per heavy atom. The predicted molar refractivity (Wildman–Crippen MR) is 89.1 cm³/mol. The van der Waals surface area contributed by atoms with Gasteiger partial charge in [0.1, 0.15) is 5.84 Å². The van der Waals surface area contributed by atoms with Crippen LogP contribution in [0.2, 0.25) is 0 Å². The van der Waals surface area contributed by atoms with Crippen molar-refractivity contribution >= 4 is 23.9 Å². The molecule has 0 unspecified atom stereocenters. The van der Waals surface area contributed by atoms with Crippen LogP contribution in [0.25, 0.3) is 6.08 Å². The van der Waals surface area contributed by atoms with Crippen molar-refractivity contribution in [1.29, 1.82) is 0 Å². The number of nitrogens with two attached hydrogens (primary N) is 1. The van der Waals surface area contributed by atoms with Gasteiger partial charge >= 0.3 is 5.82 Å². The first-order chi connectivity index (χ1) is 11.6. The third kappa shape index (κ3) is 3.02. The van der Waals surface area contributed by atoms with Gasteiger partial charge < -0.3 is 15.8 Å². The van der Waals surface area contributed by atoms with E-state index < -0.39 is 16.6 Å². The molecular weight excluding hydrogens is 313 g/mol. The van der Waals surface area contributed by atoms with Gasteiger partial charge in [-0.3, -0.25) is 4.99 Å². The number of hydrogen-bond donors (Lipinski definition) is 1. The molecule has 0 saturated heterocycles. The second-order valence-corrected chi connectivity index (χ2v) is 4.95. The third-order valence-corrected chi connectivity index (χ3v) is 3.39. The Kier molecular flexibility index (Phi) is 4.11. The summed E-state index contributed by atoms with van der Waals surface area (Å²) in [5.74, 6) is -0.734. The summed E-state index contributed by atoms with van der Waals surface area (Å²) in [6.07, 6.45) is 10.9. The van der Waals surface area contributed by atoms with E-state index >= 15 is 0 Å². The van der Waals surface area contributed by atoms with E-state index in [1.807, 2.05) is 12.2 Å². The van der Waals surface area contributed by atoms with E-state index in [4.69, 9.17) is 5.73 Å². The summed E-state index contributed by atoms with van der Waals surface area (Å²) in [6.45, 7) is 0.567. The van der Waals surface area contributed by atoms with Crippen LogP contribution in [-0.4, -0.2) is 28.5 Å². The molecule has 8 heteroatoms. The van der Waals surface area contributed by atoms with Crippen LogP contribution in [0.15, 0.2) is 63.4 Å². The third-order valence-electron chi connectivity index (χ3n) is 3.39. The molecule has 2 N–H and O–H groups in total. The molecule has 0 aromatic carbocycles. The van der Waals surface area contributed by atoms with Crippen molar-refractivity contribution in [3.8, 4) is 0 Å². The minimum Gasteiger partial charge on any atom is -0.383 e. The molecule has 120 valence electrons.